The van der Waals surface area contributed by atoms with Crippen molar-refractivity contribution in [3.05, 3.63) is 52.5 Å². The lowest BCUT2D eigenvalue weighted by Crippen LogP contribution is -2.34. The Morgan fingerprint density at radius 2 is 2.04 bits per heavy atom. The first-order valence-electron chi connectivity index (χ1n) is 9.46. The molecule has 146 valence electrons. The van der Waals surface area contributed by atoms with Crippen molar-refractivity contribution in [1.29, 1.82) is 0 Å². The number of anilines is 1. The molecule has 1 saturated heterocycles. The van der Waals surface area contributed by atoms with Crippen LogP contribution in [0.25, 0.3) is 11.4 Å². The highest BCUT2D eigenvalue weighted by Gasteiger charge is 2.30. The van der Waals surface area contributed by atoms with Crippen molar-refractivity contribution in [2.45, 2.75) is 45.1 Å². The van der Waals surface area contributed by atoms with E-state index in [0.717, 1.165) is 30.6 Å². The summed E-state index contributed by atoms with van der Waals surface area (Å²) in [6.45, 7) is 6.88. The Hall–Kier alpha value is -2.67. The Morgan fingerprint density at radius 3 is 2.68 bits per heavy atom. The van der Waals surface area contributed by atoms with Crippen LogP contribution in [0.1, 0.15) is 51.1 Å². The van der Waals surface area contributed by atoms with Crippen LogP contribution in [0.5, 0.6) is 0 Å². The van der Waals surface area contributed by atoms with Gasteiger partial charge in [-0.1, -0.05) is 25.9 Å². The van der Waals surface area contributed by atoms with E-state index in [0.29, 0.717) is 11.7 Å². The Labute approximate surface area is 168 Å². The van der Waals surface area contributed by atoms with Gasteiger partial charge >= 0.3 is 6.03 Å². The average Bonchev–Trinajstić information content (AvgIpc) is 3.41. The SMILES string of the molecule is CC(C)(C)c1nc(-c2ccc(NC(=O)N3CCCC3c3ccsc3)cc2)no1. The third-order valence-electron chi connectivity index (χ3n) is 4.90. The molecule has 4 rings (SSSR count). The summed E-state index contributed by atoms with van der Waals surface area (Å²) in [5.74, 6) is 1.16. The van der Waals surface area contributed by atoms with Crippen molar-refractivity contribution in [1.82, 2.24) is 15.0 Å². The summed E-state index contributed by atoms with van der Waals surface area (Å²) in [6.07, 6.45) is 2.04. The van der Waals surface area contributed by atoms with E-state index in [-0.39, 0.29) is 17.5 Å². The van der Waals surface area contributed by atoms with E-state index < -0.39 is 0 Å². The van der Waals surface area contributed by atoms with Gasteiger partial charge in [0.05, 0.1) is 6.04 Å². The second kappa shape index (κ2) is 7.39. The molecule has 0 saturated carbocycles. The van der Waals surface area contributed by atoms with Crippen molar-refractivity contribution >= 4 is 23.1 Å². The van der Waals surface area contributed by atoms with Gasteiger partial charge in [0.2, 0.25) is 11.7 Å². The molecule has 1 N–H and O–H groups in total. The first-order valence-corrected chi connectivity index (χ1v) is 10.4. The van der Waals surface area contributed by atoms with E-state index in [9.17, 15) is 4.79 Å². The lowest BCUT2D eigenvalue weighted by molar-refractivity contribution is 0.207. The molecule has 3 aromatic rings. The normalized spacial score (nSPS) is 17.1. The Balaban J connectivity index is 1.44. The molecule has 2 amide bonds. The van der Waals surface area contributed by atoms with Crippen LogP contribution < -0.4 is 5.32 Å². The number of aromatic nitrogens is 2. The fourth-order valence-electron chi connectivity index (χ4n) is 3.36. The molecule has 6 nitrogen and oxygen atoms in total. The van der Waals surface area contributed by atoms with Crippen LogP contribution in [0.3, 0.4) is 0 Å². The third-order valence-corrected chi connectivity index (χ3v) is 5.61. The topological polar surface area (TPSA) is 71.3 Å². The Morgan fingerprint density at radius 1 is 1.25 bits per heavy atom. The molecule has 1 atom stereocenters. The van der Waals surface area contributed by atoms with Gasteiger partial charge in [0.1, 0.15) is 0 Å². The van der Waals surface area contributed by atoms with E-state index in [1.807, 2.05) is 49.9 Å². The summed E-state index contributed by atoms with van der Waals surface area (Å²) in [6, 6.07) is 9.75. The number of amides is 2. The molecule has 1 aliphatic heterocycles. The van der Waals surface area contributed by atoms with Gasteiger partial charge in [0.15, 0.2) is 0 Å². The van der Waals surface area contributed by atoms with E-state index in [1.165, 1.54) is 5.56 Å². The molecule has 0 aliphatic carbocycles. The van der Waals surface area contributed by atoms with E-state index in [2.05, 4.69) is 32.3 Å². The van der Waals surface area contributed by atoms with Gasteiger partial charge < -0.3 is 14.7 Å². The van der Waals surface area contributed by atoms with Crippen molar-refractivity contribution in [3.8, 4) is 11.4 Å². The number of nitrogens with zero attached hydrogens (tertiary/aromatic N) is 3. The van der Waals surface area contributed by atoms with Gasteiger partial charge in [-0.3, -0.25) is 0 Å². The van der Waals surface area contributed by atoms with Crippen molar-refractivity contribution in [3.63, 3.8) is 0 Å². The molecule has 1 aliphatic rings. The highest BCUT2D eigenvalue weighted by atomic mass is 32.1. The average molecular weight is 397 g/mol. The Bertz CT molecular complexity index is 942. The number of nitrogens with one attached hydrogen (secondary N) is 1. The number of thiophene rings is 1. The molecule has 1 aromatic carbocycles. The zero-order valence-electron chi connectivity index (χ0n) is 16.3. The number of rotatable bonds is 3. The highest BCUT2D eigenvalue weighted by Crippen LogP contribution is 2.33. The second-order valence-electron chi connectivity index (χ2n) is 8.09. The molecule has 2 aromatic heterocycles. The van der Waals surface area contributed by atoms with Crippen LogP contribution in [0.15, 0.2) is 45.6 Å². The minimum Gasteiger partial charge on any atom is -0.338 e. The smallest absolute Gasteiger partial charge is 0.322 e. The maximum atomic E-state index is 12.8. The van der Waals surface area contributed by atoms with Crippen LogP contribution in [-0.2, 0) is 5.41 Å². The number of carbonyl (C=O) groups excluding carboxylic acids is 1. The zero-order valence-corrected chi connectivity index (χ0v) is 17.1. The fraction of sp³-hybridized carbons (Fsp3) is 0.381. The van der Waals surface area contributed by atoms with Gasteiger partial charge in [-0.25, -0.2) is 4.79 Å². The minimum absolute atomic E-state index is 0.0592. The zero-order chi connectivity index (χ0) is 19.7. The fourth-order valence-corrected chi connectivity index (χ4v) is 4.07. The second-order valence-corrected chi connectivity index (χ2v) is 8.87. The summed E-state index contributed by atoms with van der Waals surface area (Å²) < 4.78 is 5.36. The first kappa shape index (κ1) is 18.7. The Kier molecular flexibility index (Phi) is 4.93. The molecule has 1 unspecified atom stereocenters. The molecule has 3 heterocycles. The standard InChI is InChI=1S/C21H24N4O2S/c1-21(2,3)19-23-18(24-27-19)14-6-8-16(9-7-14)22-20(26)25-11-4-5-17(25)15-10-12-28-13-15/h6-10,12-13,17H,4-5,11H2,1-3H3,(H,22,26). The van der Waals surface area contributed by atoms with Gasteiger partial charge in [-0.2, -0.15) is 16.3 Å². The number of benzene rings is 1. The third kappa shape index (κ3) is 3.80. The number of hydrogen-bond acceptors (Lipinski definition) is 5. The van der Waals surface area contributed by atoms with Gasteiger partial charge in [0, 0.05) is 23.2 Å². The summed E-state index contributed by atoms with van der Waals surface area (Å²) in [4.78, 5) is 19.2. The monoisotopic (exact) mass is 396 g/mol. The molecular formula is C21H24N4O2S. The molecule has 28 heavy (non-hydrogen) atoms. The quantitative estimate of drug-likeness (QED) is 0.638. The predicted octanol–water partition coefficient (Wildman–Crippen LogP) is 5.46. The van der Waals surface area contributed by atoms with Crippen LogP contribution >= 0.6 is 11.3 Å². The summed E-state index contributed by atoms with van der Waals surface area (Å²) in [5, 5.41) is 11.3. The maximum Gasteiger partial charge on any atom is 0.322 e. The van der Waals surface area contributed by atoms with E-state index in [1.54, 1.807) is 11.3 Å². The lowest BCUT2D eigenvalue weighted by Gasteiger charge is -2.24. The molecular weight excluding hydrogens is 372 g/mol. The van der Waals surface area contributed by atoms with Gasteiger partial charge in [0.25, 0.3) is 0 Å². The van der Waals surface area contributed by atoms with E-state index >= 15 is 0 Å². The number of carbonyl (C=O) groups is 1. The summed E-state index contributed by atoms with van der Waals surface area (Å²) in [7, 11) is 0. The molecule has 1 fully saturated rings. The van der Waals surface area contributed by atoms with Crippen LogP contribution in [0.2, 0.25) is 0 Å². The van der Waals surface area contributed by atoms with Gasteiger partial charge in [-0.15, -0.1) is 0 Å². The molecule has 0 spiro atoms. The summed E-state index contributed by atoms with van der Waals surface area (Å²) >= 11 is 1.67. The van der Waals surface area contributed by atoms with Crippen LogP contribution in [0, 0.1) is 0 Å². The van der Waals surface area contributed by atoms with Crippen molar-refractivity contribution in [2.75, 3.05) is 11.9 Å². The van der Waals surface area contributed by atoms with E-state index in [4.69, 9.17) is 4.52 Å². The maximum absolute atomic E-state index is 12.8. The van der Waals surface area contributed by atoms with Crippen LogP contribution in [-0.4, -0.2) is 27.6 Å². The van der Waals surface area contributed by atoms with Crippen molar-refractivity contribution < 1.29 is 9.32 Å². The highest BCUT2D eigenvalue weighted by molar-refractivity contribution is 7.08. The predicted molar refractivity (Wildman–Crippen MR) is 110 cm³/mol. The van der Waals surface area contributed by atoms with Gasteiger partial charge in [-0.05, 0) is 59.5 Å². The molecule has 0 radical (unpaired) electrons. The number of hydrogen-bond donors (Lipinski definition) is 1. The first-order chi connectivity index (χ1) is 13.4. The largest absolute Gasteiger partial charge is 0.338 e. The number of urea groups is 1. The molecule has 0 bridgehead atoms. The van der Waals surface area contributed by atoms with Crippen molar-refractivity contribution in [2.24, 2.45) is 0 Å². The molecule has 7 heteroatoms. The number of likely N-dealkylation sites (tertiary alicyclic amines) is 1. The minimum atomic E-state index is -0.187. The van der Waals surface area contributed by atoms with Crippen LogP contribution in [0.4, 0.5) is 10.5 Å². The lowest BCUT2D eigenvalue weighted by atomic mass is 9.97. The summed E-state index contributed by atoms with van der Waals surface area (Å²) in [5.41, 5.74) is 2.65.